The molecule has 0 saturated carbocycles. The van der Waals surface area contributed by atoms with Gasteiger partial charge in [-0.05, 0) is 12.8 Å². The van der Waals surface area contributed by atoms with Crippen molar-refractivity contribution in [1.82, 2.24) is 9.80 Å². The van der Waals surface area contributed by atoms with Gasteiger partial charge in [-0.25, -0.2) is 4.79 Å². The topological polar surface area (TPSA) is 23.6 Å². The molecule has 18 heavy (non-hydrogen) atoms. The fourth-order valence-electron chi connectivity index (χ4n) is 2.03. The van der Waals surface area contributed by atoms with Crippen molar-refractivity contribution in [2.75, 3.05) is 27.2 Å². The third kappa shape index (κ3) is 8.37. The van der Waals surface area contributed by atoms with Crippen LogP contribution in [-0.4, -0.2) is 43.0 Å². The van der Waals surface area contributed by atoms with Crippen molar-refractivity contribution in [3.63, 3.8) is 0 Å². The lowest BCUT2D eigenvalue weighted by Crippen LogP contribution is -2.39. The molecule has 0 unspecified atom stereocenters. The molecule has 0 aromatic carbocycles. The summed E-state index contributed by atoms with van der Waals surface area (Å²) < 4.78 is 0. The van der Waals surface area contributed by atoms with Gasteiger partial charge >= 0.3 is 6.03 Å². The van der Waals surface area contributed by atoms with Gasteiger partial charge in [-0.1, -0.05) is 52.4 Å². The highest BCUT2D eigenvalue weighted by molar-refractivity contribution is 5.73. The maximum atomic E-state index is 12.0. The first-order chi connectivity index (χ1) is 8.63. The van der Waals surface area contributed by atoms with Crippen molar-refractivity contribution in [2.24, 2.45) is 0 Å². The summed E-state index contributed by atoms with van der Waals surface area (Å²) in [6, 6.07) is 0.169. The summed E-state index contributed by atoms with van der Waals surface area (Å²) in [7, 11) is 3.83. The Morgan fingerprint density at radius 3 is 1.44 bits per heavy atom. The van der Waals surface area contributed by atoms with E-state index < -0.39 is 0 Å². The van der Waals surface area contributed by atoms with E-state index in [1.807, 2.05) is 23.9 Å². The summed E-state index contributed by atoms with van der Waals surface area (Å²) in [5, 5.41) is 0. The van der Waals surface area contributed by atoms with Crippen LogP contribution in [0.25, 0.3) is 0 Å². The molecule has 3 heteroatoms. The fraction of sp³-hybridized carbons (Fsp3) is 0.933. The van der Waals surface area contributed by atoms with Crippen LogP contribution < -0.4 is 0 Å². The number of hydrogen-bond acceptors (Lipinski definition) is 1. The van der Waals surface area contributed by atoms with E-state index in [0.717, 1.165) is 25.9 Å². The number of carbonyl (C=O) groups excluding carboxylic acids is 1. The molecular weight excluding hydrogens is 224 g/mol. The van der Waals surface area contributed by atoms with Crippen LogP contribution in [-0.2, 0) is 0 Å². The van der Waals surface area contributed by atoms with Crippen LogP contribution in [0, 0.1) is 0 Å². The molecule has 0 aliphatic carbocycles. The summed E-state index contributed by atoms with van der Waals surface area (Å²) in [4.78, 5) is 15.7. The maximum absolute atomic E-state index is 12.0. The molecule has 0 saturated heterocycles. The second kappa shape index (κ2) is 11.4. The Morgan fingerprint density at radius 1 is 0.722 bits per heavy atom. The highest BCUT2D eigenvalue weighted by atomic mass is 16.2. The highest BCUT2D eigenvalue weighted by Crippen LogP contribution is 2.04. The Hall–Kier alpha value is -0.730. The van der Waals surface area contributed by atoms with Crippen LogP contribution in [0.5, 0.6) is 0 Å². The predicted molar refractivity (Wildman–Crippen MR) is 78.9 cm³/mol. The molecule has 0 N–H and O–H groups in total. The van der Waals surface area contributed by atoms with Crippen molar-refractivity contribution >= 4 is 6.03 Å². The number of hydrogen-bond donors (Lipinski definition) is 0. The molecule has 0 aliphatic rings. The zero-order valence-corrected chi connectivity index (χ0v) is 12.9. The Balaban J connectivity index is 3.68. The van der Waals surface area contributed by atoms with E-state index >= 15 is 0 Å². The quantitative estimate of drug-likeness (QED) is 0.539. The number of carbonyl (C=O) groups is 1. The van der Waals surface area contributed by atoms with Crippen molar-refractivity contribution in [3.05, 3.63) is 0 Å². The number of unbranched alkanes of at least 4 members (excludes halogenated alkanes) is 6. The standard InChI is InChI=1S/C15H32N2O/c1-5-7-9-11-13-16(3)15(18)17(4)14-12-10-8-6-2/h5-14H2,1-4H3. The molecule has 2 amide bonds. The molecule has 0 aliphatic heterocycles. The molecule has 0 aromatic heterocycles. The van der Waals surface area contributed by atoms with Crippen molar-refractivity contribution in [3.8, 4) is 0 Å². The summed E-state index contributed by atoms with van der Waals surface area (Å²) in [5.41, 5.74) is 0. The Kier molecular flexibility index (Phi) is 10.9. The summed E-state index contributed by atoms with van der Waals surface area (Å²) in [6.45, 7) is 6.19. The van der Waals surface area contributed by atoms with Crippen molar-refractivity contribution < 1.29 is 4.79 Å². The van der Waals surface area contributed by atoms with Crippen molar-refractivity contribution in [2.45, 2.75) is 65.2 Å². The molecule has 0 fully saturated rings. The predicted octanol–water partition coefficient (Wildman–Crippen LogP) is 4.13. The van der Waals surface area contributed by atoms with Crippen LogP contribution in [0.1, 0.15) is 65.2 Å². The number of rotatable bonds is 10. The number of amides is 2. The first-order valence-electron chi connectivity index (χ1n) is 7.59. The van der Waals surface area contributed by atoms with Gasteiger partial charge in [-0.2, -0.15) is 0 Å². The van der Waals surface area contributed by atoms with Gasteiger partial charge in [0, 0.05) is 27.2 Å². The Bertz CT molecular complexity index is 187. The zero-order chi connectivity index (χ0) is 13.8. The number of nitrogens with zero attached hydrogens (tertiary/aromatic N) is 2. The lowest BCUT2D eigenvalue weighted by molar-refractivity contribution is 0.171. The molecular formula is C15H32N2O. The smallest absolute Gasteiger partial charge is 0.319 e. The lowest BCUT2D eigenvalue weighted by atomic mass is 10.2. The average Bonchev–Trinajstić information content (AvgIpc) is 2.38. The molecule has 3 nitrogen and oxygen atoms in total. The fourth-order valence-corrected chi connectivity index (χ4v) is 2.03. The van der Waals surface area contributed by atoms with Gasteiger partial charge in [0.1, 0.15) is 0 Å². The molecule has 0 spiro atoms. The second-order valence-corrected chi connectivity index (χ2v) is 5.25. The van der Waals surface area contributed by atoms with Crippen LogP contribution >= 0.6 is 0 Å². The molecule has 0 aromatic rings. The molecule has 0 radical (unpaired) electrons. The van der Waals surface area contributed by atoms with Crippen molar-refractivity contribution in [1.29, 1.82) is 0 Å². The lowest BCUT2D eigenvalue weighted by Gasteiger charge is -2.25. The van der Waals surface area contributed by atoms with E-state index in [9.17, 15) is 4.79 Å². The zero-order valence-electron chi connectivity index (χ0n) is 12.9. The van der Waals surface area contributed by atoms with Gasteiger partial charge in [-0.15, -0.1) is 0 Å². The minimum atomic E-state index is 0.169. The first kappa shape index (κ1) is 17.3. The van der Waals surface area contributed by atoms with Crippen LogP contribution in [0.2, 0.25) is 0 Å². The molecule has 0 heterocycles. The largest absolute Gasteiger partial charge is 0.328 e. The third-order valence-corrected chi connectivity index (χ3v) is 3.35. The van der Waals surface area contributed by atoms with Gasteiger partial charge in [0.05, 0.1) is 0 Å². The highest BCUT2D eigenvalue weighted by Gasteiger charge is 2.12. The molecule has 0 atom stereocenters. The monoisotopic (exact) mass is 256 g/mol. The van der Waals surface area contributed by atoms with Gasteiger partial charge < -0.3 is 9.80 Å². The van der Waals surface area contributed by atoms with Gasteiger partial charge in [0.25, 0.3) is 0 Å². The van der Waals surface area contributed by atoms with E-state index in [1.54, 1.807) is 0 Å². The van der Waals surface area contributed by atoms with E-state index in [-0.39, 0.29) is 6.03 Å². The summed E-state index contributed by atoms with van der Waals surface area (Å²) >= 11 is 0. The van der Waals surface area contributed by atoms with Gasteiger partial charge in [0.2, 0.25) is 0 Å². The number of urea groups is 1. The van der Waals surface area contributed by atoms with Gasteiger partial charge in [-0.3, -0.25) is 0 Å². The Morgan fingerprint density at radius 2 is 1.11 bits per heavy atom. The molecule has 0 bridgehead atoms. The second-order valence-electron chi connectivity index (χ2n) is 5.25. The first-order valence-corrected chi connectivity index (χ1v) is 7.59. The minimum absolute atomic E-state index is 0.169. The van der Waals surface area contributed by atoms with E-state index in [4.69, 9.17) is 0 Å². The summed E-state index contributed by atoms with van der Waals surface area (Å²) in [5.74, 6) is 0. The van der Waals surface area contributed by atoms with Crippen LogP contribution in [0.4, 0.5) is 4.79 Å². The minimum Gasteiger partial charge on any atom is -0.328 e. The van der Waals surface area contributed by atoms with Gasteiger partial charge in [0.15, 0.2) is 0 Å². The normalized spacial score (nSPS) is 10.4. The SMILES string of the molecule is CCCCCCN(C)C(=O)N(C)CCCCCC. The molecule has 108 valence electrons. The average molecular weight is 256 g/mol. The van der Waals surface area contributed by atoms with Crippen LogP contribution in [0.15, 0.2) is 0 Å². The third-order valence-electron chi connectivity index (χ3n) is 3.35. The maximum Gasteiger partial charge on any atom is 0.319 e. The molecule has 0 rings (SSSR count). The van der Waals surface area contributed by atoms with E-state index in [1.165, 1.54) is 38.5 Å². The Labute approximate surface area is 114 Å². The van der Waals surface area contributed by atoms with E-state index in [0.29, 0.717) is 0 Å². The summed E-state index contributed by atoms with van der Waals surface area (Å²) in [6.07, 6.45) is 9.75. The van der Waals surface area contributed by atoms with E-state index in [2.05, 4.69) is 13.8 Å². The van der Waals surface area contributed by atoms with Crippen LogP contribution in [0.3, 0.4) is 0 Å².